The predicted octanol–water partition coefficient (Wildman–Crippen LogP) is 3.24. The minimum absolute atomic E-state index is 0. The summed E-state index contributed by atoms with van der Waals surface area (Å²) >= 11 is 1.74. The predicted molar refractivity (Wildman–Crippen MR) is 118 cm³/mol. The molecule has 1 unspecified atom stereocenters. The number of benzene rings is 1. The molecular formula is C18H27Cl3N4OS. The van der Waals surface area contributed by atoms with Crippen LogP contribution >= 0.6 is 48.6 Å². The second-order valence-electron chi connectivity index (χ2n) is 6.48. The maximum atomic E-state index is 12.9. The first-order valence-corrected chi connectivity index (χ1v) is 9.06. The summed E-state index contributed by atoms with van der Waals surface area (Å²) in [5.41, 5.74) is 6.25. The van der Waals surface area contributed by atoms with Gasteiger partial charge in [0.05, 0.1) is 5.01 Å². The van der Waals surface area contributed by atoms with Gasteiger partial charge < -0.3 is 10.6 Å². The molecule has 2 heterocycles. The van der Waals surface area contributed by atoms with Crippen LogP contribution in [0.15, 0.2) is 36.5 Å². The fourth-order valence-corrected chi connectivity index (χ4v) is 3.88. The molecule has 0 saturated carbocycles. The molecule has 0 bridgehead atoms. The molecule has 1 aliphatic rings. The lowest BCUT2D eigenvalue weighted by atomic mass is 9.91. The van der Waals surface area contributed by atoms with Crippen LogP contribution in [0.2, 0.25) is 0 Å². The van der Waals surface area contributed by atoms with E-state index in [2.05, 4.69) is 9.88 Å². The zero-order valence-electron chi connectivity index (χ0n) is 15.5. The zero-order valence-corrected chi connectivity index (χ0v) is 18.7. The summed E-state index contributed by atoms with van der Waals surface area (Å²) in [6.07, 6.45) is 1.95. The number of halogens is 3. The smallest absolute Gasteiger partial charge is 0.247 e. The van der Waals surface area contributed by atoms with Crippen molar-refractivity contribution in [3.8, 4) is 0 Å². The lowest BCUT2D eigenvalue weighted by molar-refractivity contribution is -0.138. The van der Waals surface area contributed by atoms with Crippen LogP contribution in [0.4, 0.5) is 0 Å². The van der Waals surface area contributed by atoms with E-state index in [1.165, 1.54) is 4.88 Å². The van der Waals surface area contributed by atoms with Gasteiger partial charge in [-0.3, -0.25) is 9.69 Å². The molecule has 1 atom stereocenters. The van der Waals surface area contributed by atoms with E-state index in [0.29, 0.717) is 0 Å². The molecule has 1 saturated heterocycles. The van der Waals surface area contributed by atoms with Gasteiger partial charge in [-0.15, -0.1) is 48.6 Å². The molecule has 0 spiro atoms. The number of nitrogens with zero attached hydrogens (tertiary/aromatic N) is 3. The van der Waals surface area contributed by atoms with Gasteiger partial charge in [-0.25, -0.2) is 4.98 Å². The van der Waals surface area contributed by atoms with Crippen molar-refractivity contribution in [3.05, 3.63) is 52.0 Å². The number of aryl methyl sites for hydroxylation is 1. The highest BCUT2D eigenvalue weighted by Gasteiger charge is 2.35. The Morgan fingerprint density at radius 1 is 1.15 bits per heavy atom. The molecule has 2 N–H and O–H groups in total. The first kappa shape index (κ1) is 26.1. The van der Waals surface area contributed by atoms with Crippen LogP contribution in [-0.4, -0.2) is 46.9 Å². The number of hydrogen-bond acceptors (Lipinski definition) is 5. The lowest BCUT2D eigenvalue weighted by Crippen LogP contribution is -2.56. The summed E-state index contributed by atoms with van der Waals surface area (Å²) < 4.78 is 0. The van der Waals surface area contributed by atoms with Gasteiger partial charge in [0.25, 0.3) is 0 Å². The number of nitrogens with two attached hydrogens (primary N) is 1. The molecule has 1 amide bonds. The molecule has 1 aliphatic heterocycles. The second-order valence-corrected chi connectivity index (χ2v) is 7.80. The number of carbonyl (C=O) groups is 1. The second kappa shape index (κ2) is 11.2. The van der Waals surface area contributed by atoms with Gasteiger partial charge in [0.1, 0.15) is 5.54 Å². The standard InChI is InChI=1S/C18H24N4OS.3ClH/c1-14-20-12-16(24-14)13-21-8-10-22(11-9-21)17(23)18(2,19)15-6-4-3-5-7-15;;;/h3-7,12H,8-11,13,19H2,1-2H3;3*1H. The third-order valence-electron chi connectivity index (χ3n) is 4.53. The van der Waals surface area contributed by atoms with Gasteiger partial charge in [-0.2, -0.15) is 0 Å². The summed E-state index contributed by atoms with van der Waals surface area (Å²) in [6.45, 7) is 7.91. The van der Waals surface area contributed by atoms with E-state index in [-0.39, 0.29) is 43.1 Å². The molecule has 1 aromatic carbocycles. The van der Waals surface area contributed by atoms with Crippen molar-refractivity contribution in [3.63, 3.8) is 0 Å². The highest BCUT2D eigenvalue weighted by atomic mass is 35.5. The topological polar surface area (TPSA) is 62.5 Å². The normalized spacial score (nSPS) is 16.3. The van der Waals surface area contributed by atoms with Crippen molar-refractivity contribution >= 4 is 54.5 Å². The molecular weight excluding hydrogens is 427 g/mol. The SMILES string of the molecule is Cc1ncc(CN2CCN(C(=O)C(C)(N)c3ccccc3)CC2)s1.Cl.Cl.Cl. The maximum absolute atomic E-state index is 12.9. The van der Waals surface area contributed by atoms with E-state index in [1.54, 1.807) is 18.3 Å². The molecule has 0 aliphatic carbocycles. The van der Waals surface area contributed by atoms with Crippen molar-refractivity contribution in [2.24, 2.45) is 5.73 Å². The third-order valence-corrected chi connectivity index (χ3v) is 5.42. The summed E-state index contributed by atoms with van der Waals surface area (Å²) in [5.74, 6) is 0.00184. The maximum Gasteiger partial charge on any atom is 0.247 e. The molecule has 152 valence electrons. The number of thiazole rings is 1. The van der Waals surface area contributed by atoms with E-state index in [0.717, 1.165) is 43.3 Å². The Morgan fingerprint density at radius 2 is 1.74 bits per heavy atom. The molecule has 0 radical (unpaired) electrons. The van der Waals surface area contributed by atoms with Crippen LogP contribution < -0.4 is 5.73 Å². The van der Waals surface area contributed by atoms with Gasteiger partial charge in [-0.05, 0) is 19.4 Å². The number of rotatable bonds is 4. The Balaban J connectivity index is 0.00000225. The Hall–Kier alpha value is -0.890. The molecule has 9 heteroatoms. The first-order chi connectivity index (χ1) is 11.5. The van der Waals surface area contributed by atoms with E-state index in [4.69, 9.17) is 5.73 Å². The van der Waals surface area contributed by atoms with Gasteiger partial charge >= 0.3 is 0 Å². The molecule has 5 nitrogen and oxygen atoms in total. The fraction of sp³-hybridized carbons (Fsp3) is 0.444. The summed E-state index contributed by atoms with van der Waals surface area (Å²) in [4.78, 5) is 22.7. The van der Waals surface area contributed by atoms with Crippen LogP contribution in [-0.2, 0) is 16.9 Å². The molecule has 3 rings (SSSR count). The van der Waals surface area contributed by atoms with Crippen molar-refractivity contribution in [1.82, 2.24) is 14.8 Å². The summed E-state index contributed by atoms with van der Waals surface area (Å²) in [6, 6.07) is 9.61. The van der Waals surface area contributed by atoms with Crippen LogP contribution in [0.25, 0.3) is 0 Å². The highest BCUT2D eigenvalue weighted by molar-refractivity contribution is 7.11. The van der Waals surface area contributed by atoms with Gasteiger partial charge in [-0.1, -0.05) is 30.3 Å². The van der Waals surface area contributed by atoms with Crippen LogP contribution in [0.5, 0.6) is 0 Å². The summed E-state index contributed by atoms with van der Waals surface area (Å²) in [5, 5.41) is 1.10. The lowest BCUT2D eigenvalue weighted by Gasteiger charge is -2.38. The van der Waals surface area contributed by atoms with Crippen LogP contribution in [0.1, 0.15) is 22.4 Å². The highest BCUT2D eigenvalue weighted by Crippen LogP contribution is 2.22. The van der Waals surface area contributed by atoms with Crippen LogP contribution in [0, 0.1) is 6.92 Å². The number of amides is 1. The van der Waals surface area contributed by atoms with E-state index in [9.17, 15) is 4.79 Å². The van der Waals surface area contributed by atoms with E-state index >= 15 is 0 Å². The van der Waals surface area contributed by atoms with Gasteiger partial charge in [0.2, 0.25) is 5.91 Å². The average molecular weight is 454 g/mol. The zero-order chi connectivity index (χ0) is 17.2. The van der Waals surface area contributed by atoms with Crippen LogP contribution in [0.3, 0.4) is 0 Å². The van der Waals surface area contributed by atoms with E-state index < -0.39 is 5.54 Å². The largest absolute Gasteiger partial charge is 0.338 e. The molecule has 2 aromatic rings. The van der Waals surface area contributed by atoms with Crippen molar-refractivity contribution < 1.29 is 4.79 Å². The summed E-state index contributed by atoms with van der Waals surface area (Å²) in [7, 11) is 0. The Morgan fingerprint density at radius 3 is 2.26 bits per heavy atom. The Labute approximate surface area is 183 Å². The minimum atomic E-state index is -0.974. The molecule has 1 fully saturated rings. The first-order valence-electron chi connectivity index (χ1n) is 8.24. The van der Waals surface area contributed by atoms with E-state index in [1.807, 2.05) is 48.4 Å². The number of aromatic nitrogens is 1. The van der Waals surface area contributed by atoms with Gasteiger partial charge in [0, 0.05) is 43.8 Å². The monoisotopic (exact) mass is 452 g/mol. The van der Waals surface area contributed by atoms with Gasteiger partial charge in [0.15, 0.2) is 0 Å². The Kier molecular flexibility index (Phi) is 10.8. The number of hydrogen-bond donors (Lipinski definition) is 1. The molecule has 1 aromatic heterocycles. The average Bonchev–Trinajstić information content (AvgIpc) is 3.00. The Bertz CT molecular complexity index is 704. The minimum Gasteiger partial charge on any atom is -0.338 e. The third kappa shape index (κ3) is 6.31. The molecule has 27 heavy (non-hydrogen) atoms. The van der Waals surface area contributed by atoms with Crippen molar-refractivity contribution in [1.29, 1.82) is 0 Å². The number of piperazine rings is 1. The number of carbonyl (C=O) groups excluding carboxylic acids is 1. The quantitative estimate of drug-likeness (QED) is 0.772. The van der Waals surface area contributed by atoms with Crippen molar-refractivity contribution in [2.45, 2.75) is 25.9 Å². The fourth-order valence-electron chi connectivity index (χ4n) is 3.04. The van der Waals surface area contributed by atoms with Crippen molar-refractivity contribution in [2.75, 3.05) is 26.2 Å².